The van der Waals surface area contributed by atoms with Gasteiger partial charge in [-0.3, -0.25) is 0 Å². The first-order chi connectivity index (χ1) is 3.81. The fourth-order valence-corrected chi connectivity index (χ4v) is 0.880. The van der Waals surface area contributed by atoms with Crippen LogP contribution >= 0.6 is 0 Å². The molecule has 1 unspecified atom stereocenters. The zero-order valence-corrected chi connectivity index (χ0v) is 6.15. The van der Waals surface area contributed by atoms with E-state index in [2.05, 4.69) is 33.7 Å². The van der Waals surface area contributed by atoms with Crippen molar-refractivity contribution in [3.05, 3.63) is 12.1 Å². The molecule has 0 spiro atoms. The third-order valence-corrected chi connectivity index (χ3v) is 1.26. The van der Waals surface area contributed by atoms with Crippen molar-refractivity contribution in [2.45, 2.75) is 26.7 Å². The second kappa shape index (κ2) is 4.95. The average Bonchev–Trinajstić information content (AvgIpc) is 1.68. The van der Waals surface area contributed by atoms with E-state index in [1.54, 1.807) is 0 Å². The van der Waals surface area contributed by atoms with E-state index in [4.69, 9.17) is 0 Å². The average molecular weight is 110 g/mol. The van der Waals surface area contributed by atoms with Crippen LogP contribution in [0.25, 0.3) is 0 Å². The fourth-order valence-electron chi connectivity index (χ4n) is 0.880. The van der Waals surface area contributed by atoms with Crippen LogP contribution < -0.4 is 0 Å². The molecule has 0 bridgehead atoms. The molecule has 0 aromatic carbocycles. The zero-order valence-electron chi connectivity index (χ0n) is 6.15. The molecule has 46 valence electrons. The Labute approximate surface area is 53.4 Å². The lowest BCUT2D eigenvalue weighted by atomic mass is 10.0. The molecular weight excluding hydrogens is 94.9 g/mol. The predicted octanol–water partition coefficient (Wildman–Crippen LogP) is 1.57. The zero-order chi connectivity index (χ0) is 6.41. The molecule has 0 aromatic heterocycles. The lowest BCUT2D eigenvalue weighted by Crippen LogP contribution is -1.86. The molecule has 0 heterocycles. The van der Waals surface area contributed by atoms with E-state index in [0.29, 0.717) is 0 Å². The van der Waals surface area contributed by atoms with Crippen molar-refractivity contribution in [1.29, 1.82) is 0 Å². The Morgan fingerprint density at radius 3 is 2.62 bits per heavy atom. The molecule has 0 N–H and O–H groups in total. The van der Waals surface area contributed by atoms with Crippen LogP contribution in [0.2, 0.25) is 0 Å². The van der Waals surface area contributed by atoms with Crippen molar-refractivity contribution in [3.8, 4) is 0 Å². The van der Waals surface area contributed by atoms with Gasteiger partial charge in [-0.15, -0.1) is 5.98 Å². The number of rotatable bonds is 3. The highest BCUT2D eigenvalue weighted by molar-refractivity contribution is 6.16. The van der Waals surface area contributed by atoms with Crippen LogP contribution in [0.5, 0.6) is 0 Å². The van der Waals surface area contributed by atoms with Gasteiger partial charge in [0.05, 0.1) is 0 Å². The van der Waals surface area contributed by atoms with Gasteiger partial charge in [-0.25, -0.2) is 0 Å². The van der Waals surface area contributed by atoms with Gasteiger partial charge in [-0.2, -0.15) is 0 Å². The molecule has 0 radical (unpaired) electrons. The van der Waals surface area contributed by atoms with Crippen LogP contribution in [0.1, 0.15) is 26.7 Å². The summed E-state index contributed by atoms with van der Waals surface area (Å²) in [4.78, 5) is 0. The van der Waals surface area contributed by atoms with Gasteiger partial charge in [-0.05, 0) is 12.3 Å². The summed E-state index contributed by atoms with van der Waals surface area (Å²) in [5.41, 5.74) is 0. The maximum absolute atomic E-state index is 2.25. The van der Waals surface area contributed by atoms with Crippen LogP contribution in [0, 0.1) is 5.92 Å². The molecule has 0 aliphatic carbocycles. The Hall–Kier alpha value is -0.195. The second-order valence-electron chi connectivity index (χ2n) is 2.29. The summed E-state index contributed by atoms with van der Waals surface area (Å²) in [6.07, 6.45) is 4.87. The molecule has 0 saturated carbocycles. The minimum atomic E-state index is 0.782. The van der Waals surface area contributed by atoms with Gasteiger partial charge in [0.1, 0.15) is 7.85 Å². The van der Waals surface area contributed by atoms with Gasteiger partial charge in [0.25, 0.3) is 0 Å². The van der Waals surface area contributed by atoms with Crippen LogP contribution in [0.4, 0.5) is 0 Å². The lowest BCUT2D eigenvalue weighted by molar-refractivity contribution is 0.635. The summed E-state index contributed by atoms with van der Waals surface area (Å²) in [7, 11) is 2.08. The molecule has 0 nitrogen and oxygen atoms in total. The maximum Gasteiger partial charge on any atom is 0.129 e. The number of allylic oxidation sites excluding steroid dienone is 1. The van der Waals surface area contributed by atoms with Crippen LogP contribution in [0.15, 0.2) is 12.1 Å². The van der Waals surface area contributed by atoms with Crippen LogP contribution in [0.3, 0.4) is 0 Å². The molecule has 0 aliphatic rings. The third-order valence-electron chi connectivity index (χ3n) is 1.26. The first kappa shape index (κ1) is 7.80. The van der Waals surface area contributed by atoms with Gasteiger partial charge in [-0.1, -0.05) is 26.3 Å². The Kier molecular flexibility index (Phi) is 4.83. The number of hydrogen-bond donors (Lipinski definition) is 0. The summed E-state index contributed by atoms with van der Waals surface area (Å²) in [6.45, 7) is 4.48. The molecular formula is C7H15B. The highest BCUT2D eigenvalue weighted by atomic mass is 14.0. The third kappa shape index (κ3) is 3.98. The Balaban J connectivity index is 3.17. The quantitative estimate of drug-likeness (QED) is 0.483. The van der Waals surface area contributed by atoms with E-state index in [0.717, 1.165) is 5.92 Å². The van der Waals surface area contributed by atoms with Crippen LogP contribution in [-0.4, -0.2) is 7.85 Å². The molecule has 1 atom stereocenters. The second-order valence-corrected chi connectivity index (χ2v) is 2.29. The first-order valence-corrected chi connectivity index (χ1v) is 3.44. The maximum atomic E-state index is 2.25. The smallest absolute Gasteiger partial charge is 0.127 e. The summed E-state index contributed by atoms with van der Waals surface area (Å²) >= 11 is 0. The van der Waals surface area contributed by atoms with E-state index in [1.807, 2.05) is 0 Å². The SMILES string of the molecule is B/C=C\C(C)CCC. The van der Waals surface area contributed by atoms with Crippen molar-refractivity contribution in [2.24, 2.45) is 5.92 Å². The highest BCUT2D eigenvalue weighted by Crippen LogP contribution is 2.04. The van der Waals surface area contributed by atoms with Crippen molar-refractivity contribution in [1.82, 2.24) is 0 Å². The van der Waals surface area contributed by atoms with Crippen molar-refractivity contribution in [2.75, 3.05) is 0 Å². The van der Waals surface area contributed by atoms with Crippen LogP contribution in [-0.2, 0) is 0 Å². The molecule has 1 heteroatoms. The summed E-state index contributed by atoms with van der Waals surface area (Å²) in [5, 5.41) is 0. The summed E-state index contributed by atoms with van der Waals surface area (Å²) < 4.78 is 0. The summed E-state index contributed by atoms with van der Waals surface area (Å²) in [5.74, 6) is 2.91. The van der Waals surface area contributed by atoms with Crippen molar-refractivity contribution in [3.63, 3.8) is 0 Å². The standard InChI is InChI=1S/C7H15B/c1-3-4-7(2)5-6-8/h5-7H,3-4,8H2,1-2H3/b6-5-. The van der Waals surface area contributed by atoms with Gasteiger partial charge < -0.3 is 0 Å². The van der Waals surface area contributed by atoms with E-state index in [1.165, 1.54) is 12.8 Å². The monoisotopic (exact) mass is 110 g/mol. The molecule has 0 aliphatic heterocycles. The molecule has 8 heavy (non-hydrogen) atoms. The molecule has 0 rings (SSSR count). The van der Waals surface area contributed by atoms with Gasteiger partial charge in [0.15, 0.2) is 0 Å². The topological polar surface area (TPSA) is 0 Å². The molecule has 0 saturated heterocycles. The minimum absolute atomic E-state index is 0.782. The predicted molar refractivity (Wildman–Crippen MR) is 41.8 cm³/mol. The van der Waals surface area contributed by atoms with Gasteiger partial charge >= 0.3 is 0 Å². The number of hydrogen-bond acceptors (Lipinski definition) is 0. The fraction of sp³-hybridized carbons (Fsp3) is 0.714. The minimum Gasteiger partial charge on any atom is -0.127 e. The molecule has 0 aromatic rings. The van der Waals surface area contributed by atoms with Gasteiger partial charge in [0, 0.05) is 0 Å². The normalized spacial score (nSPS) is 14.8. The largest absolute Gasteiger partial charge is 0.129 e. The van der Waals surface area contributed by atoms with Crippen molar-refractivity contribution < 1.29 is 0 Å². The Bertz CT molecular complexity index is 66.8. The summed E-state index contributed by atoms with van der Waals surface area (Å²) in [6, 6.07) is 0. The Morgan fingerprint density at radius 2 is 2.25 bits per heavy atom. The molecule has 0 fully saturated rings. The van der Waals surface area contributed by atoms with E-state index in [9.17, 15) is 0 Å². The van der Waals surface area contributed by atoms with E-state index >= 15 is 0 Å². The molecule has 0 amide bonds. The van der Waals surface area contributed by atoms with Crippen molar-refractivity contribution >= 4 is 7.85 Å². The van der Waals surface area contributed by atoms with Gasteiger partial charge in [0.2, 0.25) is 0 Å². The highest BCUT2D eigenvalue weighted by Gasteiger charge is 1.90. The van der Waals surface area contributed by atoms with E-state index < -0.39 is 0 Å². The Morgan fingerprint density at radius 1 is 1.62 bits per heavy atom. The van der Waals surface area contributed by atoms with E-state index in [-0.39, 0.29) is 0 Å². The first-order valence-electron chi connectivity index (χ1n) is 3.44. The lowest BCUT2D eigenvalue weighted by Gasteiger charge is -1.99.